The maximum Gasteiger partial charge on any atom is 0.249 e. The molecular formula is C18H18BrN5O. The van der Waals surface area contributed by atoms with E-state index in [2.05, 4.69) is 62.6 Å². The van der Waals surface area contributed by atoms with E-state index in [1.807, 2.05) is 19.4 Å². The number of aryl methyl sites for hydroxylation is 2. The first-order chi connectivity index (χ1) is 12.0. The molecule has 0 spiro atoms. The molecule has 128 valence electrons. The van der Waals surface area contributed by atoms with E-state index >= 15 is 0 Å². The number of carbonyl (C=O) groups excluding carboxylic acids is 1. The average molecular weight is 400 g/mol. The molecule has 7 heteroatoms. The van der Waals surface area contributed by atoms with E-state index < -0.39 is 0 Å². The molecule has 0 saturated carbocycles. The quantitative estimate of drug-likeness (QED) is 0.668. The smallest absolute Gasteiger partial charge is 0.249 e. The van der Waals surface area contributed by atoms with Gasteiger partial charge in [0.05, 0.1) is 17.2 Å². The Bertz CT molecular complexity index is 908. The fraction of sp³-hybridized carbons (Fsp3) is 0.167. The lowest BCUT2D eigenvalue weighted by molar-refractivity contribution is -0.111. The van der Waals surface area contributed by atoms with Crippen LogP contribution in [0.15, 0.2) is 53.4 Å². The molecule has 0 unspecified atom stereocenters. The number of rotatable bonds is 5. The number of aromatic nitrogens is 4. The van der Waals surface area contributed by atoms with Crippen LogP contribution in [0.1, 0.15) is 16.7 Å². The van der Waals surface area contributed by atoms with Crippen LogP contribution in [-0.4, -0.2) is 25.5 Å². The molecule has 0 aliphatic heterocycles. The topological polar surface area (TPSA) is 64.7 Å². The lowest BCUT2D eigenvalue weighted by Gasteiger charge is -2.02. The van der Waals surface area contributed by atoms with Gasteiger partial charge in [0.2, 0.25) is 5.91 Å². The monoisotopic (exact) mass is 399 g/mol. The van der Waals surface area contributed by atoms with Gasteiger partial charge in [0.25, 0.3) is 0 Å². The first-order valence-electron chi connectivity index (χ1n) is 7.76. The third-order valence-corrected chi connectivity index (χ3v) is 4.16. The van der Waals surface area contributed by atoms with Crippen LogP contribution in [-0.2, 0) is 18.4 Å². The fourth-order valence-electron chi connectivity index (χ4n) is 2.30. The SMILES string of the molecule is Cc1ccc(Cn2cc(Br)c(NC(=O)/C=C/c3cnn(C)c3)n2)cc1. The predicted octanol–water partition coefficient (Wildman–Crippen LogP) is 3.39. The Morgan fingerprint density at radius 3 is 2.72 bits per heavy atom. The normalized spacial score (nSPS) is 11.2. The first kappa shape index (κ1) is 17.2. The highest BCUT2D eigenvalue weighted by molar-refractivity contribution is 9.10. The number of hydrogen-bond acceptors (Lipinski definition) is 3. The Kier molecular flexibility index (Phi) is 5.14. The van der Waals surface area contributed by atoms with Crippen LogP contribution in [0.2, 0.25) is 0 Å². The van der Waals surface area contributed by atoms with E-state index in [1.54, 1.807) is 21.6 Å². The van der Waals surface area contributed by atoms with Crippen molar-refractivity contribution in [1.29, 1.82) is 0 Å². The molecule has 0 atom stereocenters. The largest absolute Gasteiger partial charge is 0.305 e. The van der Waals surface area contributed by atoms with Crippen molar-refractivity contribution in [2.45, 2.75) is 13.5 Å². The summed E-state index contributed by atoms with van der Waals surface area (Å²) >= 11 is 3.43. The van der Waals surface area contributed by atoms with E-state index in [9.17, 15) is 4.79 Å². The predicted molar refractivity (Wildman–Crippen MR) is 101 cm³/mol. The van der Waals surface area contributed by atoms with Gasteiger partial charge in [-0.25, -0.2) is 0 Å². The van der Waals surface area contributed by atoms with Crippen molar-refractivity contribution in [3.05, 3.63) is 70.1 Å². The second kappa shape index (κ2) is 7.48. The maximum absolute atomic E-state index is 12.1. The molecule has 1 amide bonds. The van der Waals surface area contributed by atoms with Gasteiger partial charge in [-0.15, -0.1) is 0 Å². The van der Waals surface area contributed by atoms with Crippen molar-refractivity contribution in [2.75, 3.05) is 5.32 Å². The van der Waals surface area contributed by atoms with Crippen molar-refractivity contribution in [1.82, 2.24) is 19.6 Å². The molecule has 0 bridgehead atoms. The molecule has 3 aromatic rings. The van der Waals surface area contributed by atoms with Crippen LogP contribution in [0.3, 0.4) is 0 Å². The van der Waals surface area contributed by atoms with Crippen LogP contribution in [0.4, 0.5) is 5.82 Å². The highest BCUT2D eigenvalue weighted by atomic mass is 79.9. The van der Waals surface area contributed by atoms with E-state index in [4.69, 9.17) is 0 Å². The van der Waals surface area contributed by atoms with Gasteiger partial charge >= 0.3 is 0 Å². The molecule has 25 heavy (non-hydrogen) atoms. The molecule has 0 radical (unpaired) electrons. The minimum atomic E-state index is -0.245. The number of nitrogens with zero attached hydrogens (tertiary/aromatic N) is 4. The van der Waals surface area contributed by atoms with Crippen molar-refractivity contribution < 1.29 is 4.79 Å². The van der Waals surface area contributed by atoms with Crippen LogP contribution >= 0.6 is 15.9 Å². The van der Waals surface area contributed by atoms with Crippen molar-refractivity contribution >= 4 is 33.7 Å². The molecule has 0 aliphatic carbocycles. The number of hydrogen-bond donors (Lipinski definition) is 1. The van der Waals surface area contributed by atoms with Crippen molar-refractivity contribution in [2.24, 2.45) is 7.05 Å². The standard InChI is InChI=1S/C18H18BrN5O/c1-13-3-5-14(6-4-13)11-24-12-16(19)18(22-24)21-17(25)8-7-15-9-20-23(2)10-15/h3-10,12H,11H2,1-2H3,(H,21,22,25)/b8-7+. The minimum Gasteiger partial charge on any atom is -0.305 e. The molecule has 6 nitrogen and oxygen atoms in total. The summed E-state index contributed by atoms with van der Waals surface area (Å²) in [5.41, 5.74) is 3.23. The number of carbonyl (C=O) groups is 1. The third kappa shape index (κ3) is 4.67. The molecular weight excluding hydrogens is 382 g/mol. The van der Waals surface area contributed by atoms with Gasteiger partial charge < -0.3 is 5.32 Å². The summed E-state index contributed by atoms with van der Waals surface area (Å²) in [4.78, 5) is 12.1. The van der Waals surface area contributed by atoms with Gasteiger partial charge in [0.1, 0.15) is 0 Å². The minimum absolute atomic E-state index is 0.245. The van der Waals surface area contributed by atoms with E-state index in [0.717, 1.165) is 15.6 Å². The lowest BCUT2D eigenvalue weighted by Crippen LogP contribution is -2.09. The van der Waals surface area contributed by atoms with Crippen LogP contribution in [0.25, 0.3) is 6.08 Å². The van der Waals surface area contributed by atoms with E-state index in [-0.39, 0.29) is 5.91 Å². The third-order valence-electron chi connectivity index (χ3n) is 3.58. The van der Waals surface area contributed by atoms with Crippen molar-refractivity contribution in [3.63, 3.8) is 0 Å². The summed E-state index contributed by atoms with van der Waals surface area (Å²) in [7, 11) is 1.83. The summed E-state index contributed by atoms with van der Waals surface area (Å²) < 4.78 is 4.21. The van der Waals surface area contributed by atoms with Gasteiger partial charge in [0.15, 0.2) is 5.82 Å². The van der Waals surface area contributed by atoms with Crippen molar-refractivity contribution in [3.8, 4) is 0 Å². The molecule has 2 heterocycles. The van der Waals surface area contributed by atoms with Crippen LogP contribution < -0.4 is 5.32 Å². The Morgan fingerprint density at radius 1 is 1.28 bits per heavy atom. The lowest BCUT2D eigenvalue weighted by atomic mass is 10.1. The van der Waals surface area contributed by atoms with Gasteiger partial charge in [0, 0.05) is 31.1 Å². The summed E-state index contributed by atoms with van der Waals surface area (Å²) in [6.45, 7) is 2.70. The summed E-state index contributed by atoms with van der Waals surface area (Å²) in [5, 5.41) is 11.2. The maximum atomic E-state index is 12.1. The zero-order valence-electron chi connectivity index (χ0n) is 14.0. The average Bonchev–Trinajstić information content (AvgIpc) is 3.14. The number of anilines is 1. The molecule has 0 aliphatic rings. The Hall–Kier alpha value is -2.67. The number of nitrogens with one attached hydrogen (secondary N) is 1. The molecule has 0 fully saturated rings. The number of halogens is 1. The molecule has 3 rings (SSSR count). The summed E-state index contributed by atoms with van der Waals surface area (Å²) in [6.07, 6.45) is 8.54. The zero-order chi connectivity index (χ0) is 17.8. The van der Waals surface area contributed by atoms with Gasteiger partial charge in [-0.2, -0.15) is 10.2 Å². The second-order valence-electron chi connectivity index (χ2n) is 5.78. The Balaban J connectivity index is 1.64. The fourth-order valence-corrected chi connectivity index (χ4v) is 2.71. The second-order valence-corrected chi connectivity index (χ2v) is 6.63. The molecule has 2 aromatic heterocycles. The van der Waals surface area contributed by atoms with Gasteiger partial charge in [-0.3, -0.25) is 14.2 Å². The van der Waals surface area contributed by atoms with Crippen LogP contribution in [0, 0.1) is 6.92 Å². The van der Waals surface area contributed by atoms with E-state index in [1.165, 1.54) is 11.6 Å². The Labute approximate surface area is 154 Å². The highest BCUT2D eigenvalue weighted by Gasteiger charge is 2.09. The molecule has 1 aromatic carbocycles. The number of benzene rings is 1. The van der Waals surface area contributed by atoms with E-state index in [0.29, 0.717) is 12.4 Å². The number of amides is 1. The van der Waals surface area contributed by atoms with Gasteiger partial charge in [-0.05, 0) is 34.5 Å². The first-order valence-corrected chi connectivity index (χ1v) is 8.55. The van der Waals surface area contributed by atoms with Gasteiger partial charge in [-0.1, -0.05) is 29.8 Å². The molecule has 0 saturated heterocycles. The Morgan fingerprint density at radius 2 is 2.04 bits per heavy atom. The zero-order valence-corrected chi connectivity index (χ0v) is 15.6. The highest BCUT2D eigenvalue weighted by Crippen LogP contribution is 2.21. The summed E-state index contributed by atoms with van der Waals surface area (Å²) in [6, 6.07) is 8.28. The van der Waals surface area contributed by atoms with Crippen LogP contribution in [0.5, 0.6) is 0 Å². The molecule has 1 N–H and O–H groups in total. The summed E-state index contributed by atoms with van der Waals surface area (Å²) in [5.74, 6) is 0.248.